The number of benzene rings is 1. The van der Waals surface area contributed by atoms with E-state index in [0.717, 1.165) is 12.1 Å². The van der Waals surface area contributed by atoms with Gasteiger partial charge in [0.1, 0.15) is 0 Å². The van der Waals surface area contributed by atoms with Crippen LogP contribution in [0.15, 0.2) is 41.6 Å². The van der Waals surface area contributed by atoms with Crippen LogP contribution in [0.2, 0.25) is 0 Å². The molecule has 1 aliphatic rings. The first-order valence-corrected chi connectivity index (χ1v) is 8.66. The molecule has 2 aromatic rings. The summed E-state index contributed by atoms with van der Waals surface area (Å²) in [5, 5.41) is 15.2. The smallest absolute Gasteiger partial charge is 0.178 e. The van der Waals surface area contributed by atoms with Crippen molar-refractivity contribution in [1.82, 2.24) is 9.78 Å². The fourth-order valence-electron chi connectivity index (χ4n) is 2.86. The molecule has 1 atom stereocenters. The maximum Gasteiger partial charge on any atom is 0.178 e. The van der Waals surface area contributed by atoms with Crippen molar-refractivity contribution in [3.8, 4) is 0 Å². The molecule has 3 rings (SSSR count). The standard InChI is InChI=1S/C15H18N2O3S/c1-2-17-11-12(10-16-17)9-15(18)7-8-21(19,20)14-6-4-3-5-13(14)15/h3-6,10-11,18H,2,7-9H2,1H3. The van der Waals surface area contributed by atoms with Gasteiger partial charge in [-0.1, -0.05) is 18.2 Å². The fraction of sp³-hybridized carbons (Fsp3) is 0.400. The zero-order valence-electron chi connectivity index (χ0n) is 11.9. The number of nitrogens with zero attached hydrogens (tertiary/aromatic N) is 2. The van der Waals surface area contributed by atoms with Crippen LogP contribution in [0.4, 0.5) is 0 Å². The Hall–Kier alpha value is -1.66. The van der Waals surface area contributed by atoms with E-state index in [1.807, 2.05) is 13.1 Å². The first kappa shape index (κ1) is 14.3. The van der Waals surface area contributed by atoms with Gasteiger partial charge < -0.3 is 5.11 Å². The lowest BCUT2D eigenvalue weighted by molar-refractivity contribution is 0.0283. The van der Waals surface area contributed by atoms with Gasteiger partial charge in [-0.05, 0) is 25.0 Å². The van der Waals surface area contributed by atoms with E-state index in [0.29, 0.717) is 12.0 Å². The molecule has 1 aliphatic heterocycles. The van der Waals surface area contributed by atoms with E-state index in [2.05, 4.69) is 5.10 Å². The molecule has 1 unspecified atom stereocenters. The maximum absolute atomic E-state index is 12.1. The molecule has 112 valence electrons. The van der Waals surface area contributed by atoms with Gasteiger partial charge >= 0.3 is 0 Å². The van der Waals surface area contributed by atoms with Gasteiger partial charge in [0.05, 0.1) is 22.4 Å². The molecule has 0 fully saturated rings. The van der Waals surface area contributed by atoms with Crippen LogP contribution in [0.3, 0.4) is 0 Å². The number of hydrogen-bond donors (Lipinski definition) is 1. The zero-order chi connectivity index (χ0) is 15.1. The molecule has 0 saturated carbocycles. The summed E-state index contributed by atoms with van der Waals surface area (Å²) in [6.45, 7) is 2.76. The number of fused-ring (bicyclic) bond motifs is 1. The number of hydrogen-bond acceptors (Lipinski definition) is 4. The normalized spacial score (nSPS) is 23.7. The van der Waals surface area contributed by atoms with Crippen LogP contribution in [0, 0.1) is 0 Å². The largest absolute Gasteiger partial charge is 0.385 e. The van der Waals surface area contributed by atoms with Crippen molar-refractivity contribution in [2.45, 2.75) is 36.8 Å². The highest BCUT2D eigenvalue weighted by Crippen LogP contribution is 2.39. The van der Waals surface area contributed by atoms with Crippen LogP contribution < -0.4 is 0 Å². The van der Waals surface area contributed by atoms with Crippen molar-refractivity contribution in [3.63, 3.8) is 0 Å². The third-order valence-electron chi connectivity index (χ3n) is 4.02. The van der Waals surface area contributed by atoms with Crippen molar-refractivity contribution < 1.29 is 13.5 Å². The summed E-state index contributed by atoms with van der Waals surface area (Å²) in [6, 6.07) is 6.73. The average Bonchev–Trinajstić information content (AvgIpc) is 2.92. The Morgan fingerprint density at radius 3 is 2.86 bits per heavy atom. The summed E-state index contributed by atoms with van der Waals surface area (Å²) in [5.41, 5.74) is 0.262. The van der Waals surface area contributed by atoms with Crippen LogP contribution in [0.25, 0.3) is 0 Å². The number of aliphatic hydroxyl groups is 1. The summed E-state index contributed by atoms with van der Waals surface area (Å²) in [4.78, 5) is 0.252. The highest BCUT2D eigenvalue weighted by atomic mass is 32.2. The Morgan fingerprint density at radius 2 is 2.14 bits per heavy atom. The molecule has 1 aromatic heterocycles. The van der Waals surface area contributed by atoms with Gasteiger partial charge in [-0.15, -0.1) is 0 Å². The lowest BCUT2D eigenvalue weighted by atomic mass is 9.85. The van der Waals surface area contributed by atoms with Crippen molar-refractivity contribution in [2.24, 2.45) is 0 Å². The van der Waals surface area contributed by atoms with Crippen molar-refractivity contribution in [1.29, 1.82) is 0 Å². The number of sulfone groups is 1. The minimum absolute atomic E-state index is 0.0254. The van der Waals surface area contributed by atoms with E-state index in [1.54, 1.807) is 35.1 Å². The van der Waals surface area contributed by atoms with Crippen LogP contribution in [0.1, 0.15) is 24.5 Å². The van der Waals surface area contributed by atoms with E-state index in [1.165, 1.54) is 0 Å². The summed E-state index contributed by atoms with van der Waals surface area (Å²) in [5.74, 6) is -0.0254. The molecule has 21 heavy (non-hydrogen) atoms. The second-order valence-corrected chi connectivity index (χ2v) is 7.56. The lowest BCUT2D eigenvalue weighted by Crippen LogP contribution is -2.37. The molecule has 1 aromatic carbocycles. The SMILES string of the molecule is CCn1cc(CC2(O)CCS(=O)(=O)c3ccccc32)cn1. The summed E-state index contributed by atoms with van der Waals surface area (Å²) >= 11 is 0. The summed E-state index contributed by atoms with van der Waals surface area (Å²) in [7, 11) is -3.29. The van der Waals surface area contributed by atoms with Crippen molar-refractivity contribution >= 4 is 9.84 Å². The molecule has 0 radical (unpaired) electrons. The predicted molar refractivity (Wildman–Crippen MR) is 78.6 cm³/mol. The molecule has 2 heterocycles. The summed E-state index contributed by atoms with van der Waals surface area (Å²) < 4.78 is 26.1. The average molecular weight is 306 g/mol. The Morgan fingerprint density at radius 1 is 1.38 bits per heavy atom. The van der Waals surface area contributed by atoms with Gasteiger partial charge in [0.15, 0.2) is 9.84 Å². The predicted octanol–water partition coefficient (Wildman–Crippen LogP) is 1.51. The van der Waals surface area contributed by atoms with Crippen molar-refractivity contribution in [3.05, 3.63) is 47.8 Å². The molecule has 0 bridgehead atoms. The lowest BCUT2D eigenvalue weighted by Gasteiger charge is -2.34. The number of aromatic nitrogens is 2. The molecular formula is C15H18N2O3S. The number of rotatable bonds is 3. The highest BCUT2D eigenvalue weighted by molar-refractivity contribution is 7.91. The van der Waals surface area contributed by atoms with E-state index < -0.39 is 15.4 Å². The van der Waals surface area contributed by atoms with Crippen LogP contribution in [-0.2, 0) is 28.4 Å². The second kappa shape index (κ2) is 4.96. The molecule has 0 amide bonds. The van der Waals surface area contributed by atoms with E-state index in [4.69, 9.17) is 0 Å². The first-order valence-electron chi connectivity index (χ1n) is 7.00. The Bertz CT molecular complexity index is 767. The Labute approximate surface area is 124 Å². The topological polar surface area (TPSA) is 72.2 Å². The minimum atomic E-state index is -3.29. The van der Waals surface area contributed by atoms with Gasteiger partial charge in [0.25, 0.3) is 0 Å². The molecule has 0 saturated heterocycles. The zero-order valence-corrected chi connectivity index (χ0v) is 12.7. The van der Waals surface area contributed by atoms with Crippen molar-refractivity contribution in [2.75, 3.05) is 5.75 Å². The first-order chi connectivity index (χ1) is 9.94. The second-order valence-electron chi connectivity index (χ2n) is 5.48. The van der Waals surface area contributed by atoms with Gasteiger partial charge in [-0.2, -0.15) is 5.10 Å². The number of aryl methyl sites for hydroxylation is 1. The molecule has 0 aliphatic carbocycles. The minimum Gasteiger partial charge on any atom is -0.385 e. The molecule has 1 N–H and O–H groups in total. The maximum atomic E-state index is 12.1. The van der Waals surface area contributed by atoms with Gasteiger partial charge in [-0.3, -0.25) is 4.68 Å². The highest BCUT2D eigenvalue weighted by Gasteiger charge is 2.40. The molecule has 5 nitrogen and oxygen atoms in total. The third kappa shape index (κ3) is 2.49. The van der Waals surface area contributed by atoms with Crippen LogP contribution in [-0.4, -0.2) is 29.1 Å². The molecule has 0 spiro atoms. The third-order valence-corrected chi connectivity index (χ3v) is 5.78. The van der Waals surface area contributed by atoms with Crippen LogP contribution >= 0.6 is 0 Å². The fourth-order valence-corrected chi connectivity index (χ4v) is 4.57. The summed E-state index contributed by atoms with van der Waals surface area (Å²) in [6.07, 6.45) is 4.21. The Kier molecular flexibility index (Phi) is 3.37. The quantitative estimate of drug-likeness (QED) is 0.933. The van der Waals surface area contributed by atoms with E-state index >= 15 is 0 Å². The monoisotopic (exact) mass is 306 g/mol. The Balaban J connectivity index is 2.01. The van der Waals surface area contributed by atoms with Gasteiger partial charge in [-0.25, -0.2) is 8.42 Å². The van der Waals surface area contributed by atoms with Crippen LogP contribution in [0.5, 0.6) is 0 Å². The van der Waals surface area contributed by atoms with Gasteiger partial charge in [0, 0.05) is 24.7 Å². The molecular weight excluding hydrogens is 288 g/mol. The van der Waals surface area contributed by atoms with E-state index in [-0.39, 0.29) is 17.1 Å². The van der Waals surface area contributed by atoms with E-state index in [9.17, 15) is 13.5 Å². The van der Waals surface area contributed by atoms with Gasteiger partial charge in [0.2, 0.25) is 0 Å². The molecule has 6 heteroatoms.